The summed E-state index contributed by atoms with van der Waals surface area (Å²) in [5, 5.41) is 15.4. The number of para-hydroxylation sites is 1. The van der Waals surface area contributed by atoms with Gasteiger partial charge < -0.3 is 21.1 Å². The number of carbonyl (C=O) groups excluding carboxylic acids is 1. The maximum Gasteiger partial charge on any atom is 0.254 e. The van der Waals surface area contributed by atoms with Gasteiger partial charge in [-0.25, -0.2) is 0 Å². The molecule has 2 saturated heterocycles. The highest BCUT2D eigenvalue weighted by Crippen LogP contribution is 2.27. The smallest absolute Gasteiger partial charge is 0.254 e. The van der Waals surface area contributed by atoms with Crippen molar-refractivity contribution in [2.45, 2.75) is 25.3 Å². The fourth-order valence-corrected chi connectivity index (χ4v) is 4.63. The first kappa shape index (κ1) is 22.3. The molecular formula is C24H30N5O2P. The lowest BCUT2D eigenvalue weighted by Gasteiger charge is -2.38. The van der Waals surface area contributed by atoms with Gasteiger partial charge in [-0.2, -0.15) is 0 Å². The second kappa shape index (κ2) is 10.2. The first-order valence-corrected chi connectivity index (χ1v) is 11.5. The molecule has 2 aromatic carbocycles. The number of carbonyl (C=O) groups is 1. The molecule has 2 heterocycles. The van der Waals surface area contributed by atoms with Gasteiger partial charge >= 0.3 is 0 Å². The summed E-state index contributed by atoms with van der Waals surface area (Å²) in [6.07, 6.45) is 3.21. The summed E-state index contributed by atoms with van der Waals surface area (Å²) in [5.41, 5.74) is 6.62. The number of ether oxygens (including phenoxy) is 1. The summed E-state index contributed by atoms with van der Waals surface area (Å²) in [6.45, 7) is 2.85. The highest BCUT2D eigenvalue weighted by Gasteiger charge is 2.30. The molecule has 2 atom stereocenters. The number of primary amides is 1. The zero-order valence-corrected chi connectivity index (χ0v) is 19.2. The van der Waals surface area contributed by atoms with Crippen LogP contribution in [0, 0.1) is 11.3 Å². The fraction of sp³-hybridized carbons (Fsp3) is 0.333. The van der Waals surface area contributed by atoms with E-state index in [2.05, 4.69) is 24.7 Å². The van der Waals surface area contributed by atoms with E-state index < -0.39 is 5.91 Å². The standard InChI is InChI=1S/C24H30N5O2P/c25-22(17-6-8-19(9-7-17)31-18-4-2-1-3-5-18)21(23(26)30)24-27-13-10-20(28-24)16-11-14-29(32)15-12-16/h1-9,16,20,25,27-28H,10-15,32H2,(H2,26,30)/b24-21+,25-22?. The van der Waals surface area contributed by atoms with Crippen LogP contribution in [0.3, 0.4) is 0 Å². The van der Waals surface area contributed by atoms with Crippen LogP contribution in [0.15, 0.2) is 66.0 Å². The first-order chi connectivity index (χ1) is 15.5. The molecule has 2 aromatic rings. The zero-order chi connectivity index (χ0) is 22.5. The van der Waals surface area contributed by atoms with Gasteiger partial charge in [0.15, 0.2) is 0 Å². The molecule has 2 aliphatic rings. The van der Waals surface area contributed by atoms with E-state index in [1.807, 2.05) is 30.3 Å². The summed E-state index contributed by atoms with van der Waals surface area (Å²) in [5.74, 6) is 1.90. The van der Waals surface area contributed by atoms with E-state index >= 15 is 0 Å². The second-order valence-electron chi connectivity index (χ2n) is 8.27. The molecule has 4 rings (SSSR count). The lowest BCUT2D eigenvalue weighted by Crippen LogP contribution is -2.50. The lowest BCUT2D eigenvalue weighted by atomic mass is 9.87. The van der Waals surface area contributed by atoms with Crippen molar-refractivity contribution in [3.8, 4) is 11.5 Å². The Hall–Kier alpha value is -2.89. The third-order valence-corrected chi connectivity index (χ3v) is 6.61. The van der Waals surface area contributed by atoms with Crippen molar-refractivity contribution >= 4 is 21.0 Å². The highest BCUT2D eigenvalue weighted by atomic mass is 31.0. The summed E-state index contributed by atoms with van der Waals surface area (Å²) in [7, 11) is 2.78. The molecule has 2 aliphatic heterocycles. The van der Waals surface area contributed by atoms with Gasteiger partial charge in [-0.1, -0.05) is 27.6 Å². The summed E-state index contributed by atoms with van der Waals surface area (Å²) in [4.78, 5) is 12.4. The number of nitrogens with two attached hydrogens (primary N) is 1. The Morgan fingerprint density at radius 3 is 2.34 bits per heavy atom. The van der Waals surface area contributed by atoms with Crippen molar-refractivity contribution in [3.05, 3.63) is 71.6 Å². The number of nitrogens with one attached hydrogen (secondary N) is 3. The van der Waals surface area contributed by atoms with Crippen molar-refractivity contribution in [3.63, 3.8) is 0 Å². The number of rotatable bonds is 6. The van der Waals surface area contributed by atoms with E-state index in [0.717, 1.165) is 44.6 Å². The summed E-state index contributed by atoms with van der Waals surface area (Å²) in [6, 6.07) is 16.9. The number of nitrogens with zero attached hydrogens (tertiary/aromatic N) is 1. The average molecular weight is 452 g/mol. The van der Waals surface area contributed by atoms with E-state index in [4.69, 9.17) is 15.9 Å². The SMILES string of the molecule is N=C(/C(C(N)=O)=C1/NCCC(C2CCN(P)CC2)N1)c1ccc(Oc2ccccc2)cc1. The van der Waals surface area contributed by atoms with Crippen molar-refractivity contribution in [1.82, 2.24) is 15.3 Å². The summed E-state index contributed by atoms with van der Waals surface area (Å²) >= 11 is 0. The molecule has 1 amide bonds. The molecule has 0 aliphatic carbocycles. The highest BCUT2D eigenvalue weighted by molar-refractivity contribution is 7.13. The number of hydrogen-bond donors (Lipinski definition) is 4. The minimum atomic E-state index is -0.616. The van der Waals surface area contributed by atoms with E-state index in [-0.39, 0.29) is 17.3 Å². The van der Waals surface area contributed by atoms with Crippen LogP contribution < -0.4 is 21.1 Å². The third kappa shape index (κ3) is 5.29. The van der Waals surface area contributed by atoms with Gasteiger partial charge in [0.05, 0.1) is 5.71 Å². The molecule has 32 heavy (non-hydrogen) atoms. The van der Waals surface area contributed by atoms with Crippen LogP contribution in [-0.4, -0.2) is 42.0 Å². The molecule has 0 radical (unpaired) electrons. The molecule has 0 saturated carbocycles. The van der Waals surface area contributed by atoms with Crippen molar-refractivity contribution in [2.24, 2.45) is 11.7 Å². The molecule has 2 fully saturated rings. The van der Waals surface area contributed by atoms with Gasteiger partial charge in [-0.05, 0) is 61.6 Å². The van der Waals surface area contributed by atoms with Crippen LogP contribution in [-0.2, 0) is 4.79 Å². The monoisotopic (exact) mass is 451 g/mol. The number of hydrogen-bond acceptors (Lipinski definition) is 6. The molecule has 7 nitrogen and oxygen atoms in total. The number of amides is 1. The van der Waals surface area contributed by atoms with Crippen LogP contribution in [0.25, 0.3) is 0 Å². The Balaban J connectivity index is 1.50. The Labute approximate surface area is 191 Å². The van der Waals surface area contributed by atoms with Crippen molar-refractivity contribution in [1.29, 1.82) is 5.41 Å². The predicted octanol–water partition coefficient (Wildman–Crippen LogP) is 3.00. The van der Waals surface area contributed by atoms with E-state index in [1.54, 1.807) is 24.3 Å². The maximum atomic E-state index is 12.4. The van der Waals surface area contributed by atoms with E-state index in [9.17, 15) is 4.79 Å². The Kier molecular flexibility index (Phi) is 7.08. The lowest BCUT2D eigenvalue weighted by molar-refractivity contribution is -0.114. The third-order valence-electron chi connectivity index (χ3n) is 6.10. The van der Waals surface area contributed by atoms with Crippen LogP contribution in [0.1, 0.15) is 24.8 Å². The predicted molar refractivity (Wildman–Crippen MR) is 130 cm³/mol. The van der Waals surface area contributed by atoms with E-state index in [0.29, 0.717) is 23.1 Å². The molecular weight excluding hydrogens is 421 g/mol. The molecule has 0 aromatic heterocycles. The van der Waals surface area contributed by atoms with Gasteiger partial charge in [0.1, 0.15) is 22.9 Å². The Morgan fingerprint density at radius 2 is 1.69 bits per heavy atom. The molecule has 168 valence electrons. The maximum absolute atomic E-state index is 12.4. The number of benzene rings is 2. The van der Waals surface area contributed by atoms with Gasteiger partial charge in [-0.3, -0.25) is 14.9 Å². The molecule has 2 unspecified atom stereocenters. The molecule has 8 heteroatoms. The van der Waals surface area contributed by atoms with Crippen LogP contribution in [0.2, 0.25) is 0 Å². The second-order valence-corrected chi connectivity index (χ2v) is 9.00. The molecule has 5 N–H and O–H groups in total. The first-order valence-electron chi connectivity index (χ1n) is 11.0. The minimum Gasteiger partial charge on any atom is -0.457 e. The quantitative estimate of drug-likeness (QED) is 0.307. The topological polar surface area (TPSA) is 103 Å². The van der Waals surface area contributed by atoms with Gasteiger partial charge in [0, 0.05) is 31.2 Å². The fourth-order valence-electron chi connectivity index (χ4n) is 4.33. The Bertz CT molecular complexity index is 985. The van der Waals surface area contributed by atoms with Crippen molar-refractivity contribution in [2.75, 3.05) is 19.6 Å². The van der Waals surface area contributed by atoms with Gasteiger partial charge in [0.25, 0.3) is 5.91 Å². The largest absolute Gasteiger partial charge is 0.457 e. The minimum absolute atomic E-state index is 0.0965. The van der Waals surface area contributed by atoms with Crippen molar-refractivity contribution < 1.29 is 9.53 Å². The summed E-state index contributed by atoms with van der Waals surface area (Å²) < 4.78 is 8.09. The van der Waals surface area contributed by atoms with Crippen LogP contribution in [0.5, 0.6) is 11.5 Å². The zero-order valence-electron chi connectivity index (χ0n) is 18.0. The average Bonchev–Trinajstić information content (AvgIpc) is 2.81. The van der Waals surface area contributed by atoms with E-state index in [1.165, 1.54) is 0 Å². The van der Waals surface area contributed by atoms with Crippen LogP contribution >= 0.6 is 9.39 Å². The van der Waals surface area contributed by atoms with Crippen LogP contribution in [0.4, 0.5) is 0 Å². The van der Waals surface area contributed by atoms with Gasteiger partial charge in [-0.15, -0.1) is 0 Å². The molecule has 0 bridgehead atoms. The Morgan fingerprint density at radius 1 is 1.03 bits per heavy atom. The number of piperidine rings is 1. The normalized spacial score (nSPS) is 21.2. The molecule has 0 spiro atoms. The van der Waals surface area contributed by atoms with Gasteiger partial charge in [0.2, 0.25) is 0 Å².